The van der Waals surface area contributed by atoms with Crippen LogP contribution in [0.1, 0.15) is 10.5 Å². The van der Waals surface area contributed by atoms with Crippen molar-refractivity contribution in [3.05, 3.63) is 35.4 Å². The van der Waals surface area contributed by atoms with E-state index in [4.69, 9.17) is 22.1 Å². The van der Waals surface area contributed by atoms with Crippen LogP contribution in [0.25, 0.3) is 11.1 Å². The second-order valence-corrected chi connectivity index (χ2v) is 8.13. The second-order valence-electron chi connectivity index (χ2n) is 6.10. The van der Waals surface area contributed by atoms with E-state index in [1.54, 1.807) is 0 Å². The molecule has 3 rings (SSSR count). The number of pyridine rings is 1. The topological polar surface area (TPSA) is 137 Å². The molecule has 1 aliphatic heterocycles. The van der Waals surface area contributed by atoms with E-state index in [0.717, 1.165) is 0 Å². The molecule has 0 saturated carbocycles. The van der Waals surface area contributed by atoms with Crippen molar-refractivity contribution in [2.75, 3.05) is 19.8 Å². The summed E-state index contributed by atoms with van der Waals surface area (Å²) in [5.74, 6) is -0.791. The van der Waals surface area contributed by atoms with Crippen molar-refractivity contribution in [1.82, 2.24) is 14.3 Å². The average Bonchev–Trinajstić information content (AvgIpc) is 2.89. The molecular weight excluding hydrogens is 384 g/mol. The van der Waals surface area contributed by atoms with E-state index in [2.05, 4.69) is 9.71 Å². The summed E-state index contributed by atoms with van der Waals surface area (Å²) in [4.78, 5) is 15.6. The summed E-state index contributed by atoms with van der Waals surface area (Å²) in [6, 6.07) is 2.97. The summed E-state index contributed by atoms with van der Waals surface area (Å²) in [6.07, 6.45) is 2.69. The van der Waals surface area contributed by atoms with E-state index in [9.17, 15) is 18.3 Å². The number of nitrogens with two attached hydrogens (primary N) is 1. The highest BCUT2D eigenvalue weighted by Gasteiger charge is 2.43. The number of hydrogen-bond acceptors (Lipinski definition) is 6. The predicted molar refractivity (Wildman–Crippen MR) is 93.1 cm³/mol. The van der Waals surface area contributed by atoms with Crippen LogP contribution in [0.15, 0.2) is 29.4 Å². The van der Waals surface area contributed by atoms with Crippen LogP contribution in [0.5, 0.6) is 0 Å². The molecule has 140 valence electrons. The number of aliphatic hydroxyl groups excluding tert-OH is 1. The zero-order valence-electron chi connectivity index (χ0n) is 13.8. The van der Waals surface area contributed by atoms with E-state index in [0.29, 0.717) is 5.56 Å². The molecule has 1 fully saturated rings. The number of aliphatic hydroxyl groups is 1. The molecule has 2 aromatic heterocycles. The zero-order valence-corrected chi connectivity index (χ0v) is 15.3. The lowest BCUT2D eigenvalue weighted by Gasteiger charge is -2.39. The fourth-order valence-electron chi connectivity index (χ4n) is 2.81. The number of primary amides is 1. The lowest BCUT2D eigenvalue weighted by molar-refractivity contribution is -0.0858. The highest BCUT2D eigenvalue weighted by molar-refractivity contribution is 7.89. The maximum Gasteiger partial charge on any atom is 0.266 e. The number of rotatable bonds is 6. The van der Waals surface area contributed by atoms with E-state index in [1.165, 1.54) is 36.1 Å². The number of amides is 1. The van der Waals surface area contributed by atoms with Gasteiger partial charge in [-0.05, 0) is 17.7 Å². The van der Waals surface area contributed by atoms with Crippen molar-refractivity contribution in [2.24, 2.45) is 12.8 Å². The maximum absolute atomic E-state index is 13.0. The Hall–Kier alpha value is -1.98. The van der Waals surface area contributed by atoms with E-state index in [-0.39, 0.29) is 34.5 Å². The van der Waals surface area contributed by atoms with Gasteiger partial charge in [0.05, 0.1) is 19.8 Å². The molecule has 1 saturated heterocycles. The minimum absolute atomic E-state index is 0.00977. The van der Waals surface area contributed by atoms with Gasteiger partial charge in [0.1, 0.15) is 21.3 Å². The number of aryl methyl sites for hydroxylation is 1. The number of carbonyl (C=O) groups excluding carboxylic acids is 1. The lowest BCUT2D eigenvalue weighted by Crippen LogP contribution is -2.64. The number of sulfonamides is 1. The highest BCUT2D eigenvalue weighted by atomic mass is 35.5. The Morgan fingerprint density at radius 1 is 1.54 bits per heavy atom. The molecule has 0 bridgehead atoms. The third-order valence-electron chi connectivity index (χ3n) is 4.10. The minimum Gasteiger partial charge on any atom is -0.394 e. The molecule has 0 aliphatic carbocycles. The van der Waals surface area contributed by atoms with Crippen molar-refractivity contribution in [2.45, 2.75) is 10.4 Å². The molecule has 2 aromatic rings. The molecule has 0 spiro atoms. The standard InChI is InChI=1S/C15H17ClN4O5S/c1-20-5-10(26(23,24)19-15(6-21)7-25-8-15)12(13(20)14(17)22)9-2-3-18-11(16)4-9/h2-5,19,21H,6-8H2,1H3,(H2,17,22). The second kappa shape index (κ2) is 6.63. The third kappa shape index (κ3) is 3.21. The number of hydrogen-bond donors (Lipinski definition) is 3. The molecule has 0 radical (unpaired) electrons. The minimum atomic E-state index is -4.10. The molecule has 0 unspecified atom stereocenters. The molecule has 26 heavy (non-hydrogen) atoms. The third-order valence-corrected chi connectivity index (χ3v) is 5.89. The first-order valence-corrected chi connectivity index (χ1v) is 9.39. The van der Waals surface area contributed by atoms with Crippen molar-refractivity contribution in [3.63, 3.8) is 0 Å². The van der Waals surface area contributed by atoms with Gasteiger partial charge in [-0.1, -0.05) is 11.6 Å². The SMILES string of the molecule is Cn1cc(S(=O)(=O)NC2(CO)COC2)c(-c2ccnc(Cl)c2)c1C(N)=O. The highest BCUT2D eigenvalue weighted by Crippen LogP contribution is 2.34. The fourth-order valence-corrected chi connectivity index (χ4v) is 4.62. The number of aromatic nitrogens is 2. The van der Waals surface area contributed by atoms with Gasteiger partial charge in [0, 0.05) is 25.0 Å². The lowest BCUT2D eigenvalue weighted by atomic mass is 10.0. The Labute approximate surface area is 154 Å². The Balaban J connectivity index is 2.19. The van der Waals surface area contributed by atoms with Crippen molar-refractivity contribution < 1.29 is 23.1 Å². The van der Waals surface area contributed by atoms with Gasteiger partial charge in [-0.2, -0.15) is 4.72 Å². The summed E-state index contributed by atoms with van der Waals surface area (Å²) in [7, 11) is -2.59. The van der Waals surface area contributed by atoms with Crippen LogP contribution in [0.3, 0.4) is 0 Å². The molecule has 4 N–H and O–H groups in total. The zero-order chi connectivity index (χ0) is 19.1. The van der Waals surface area contributed by atoms with Crippen LogP contribution in [-0.2, 0) is 21.8 Å². The van der Waals surface area contributed by atoms with Crippen molar-refractivity contribution in [1.29, 1.82) is 0 Å². The van der Waals surface area contributed by atoms with Crippen molar-refractivity contribution >= 4 is 27.5 Å². The van der Waals surface area contributed by atoms with Gasteiger partial charge in [-0.25, -0.2) is 13.4 Å². The van der Waals surface area contributed by atoms with Gasteiger partial charge >= 0.3 is 0 Å². The van der Waals surface area contributed by atoms with Crippen LogP contribution in [0.2, 0.25) is 5.15 Å². The largest absolute Gasteiger partial charge is 0.394 e. The van der Waals surface area contributed by atoms with Gasteiger partial charge in [-0.3, -0.25) is 4.79 Å². The summed E-state index contributed by atoms with van der Waals surface area (Å²) in [5, 5.41) is 9.64. The Morgan fingerprint density at radius 3 is 2.73 bits per heavy atom. The summed E-state index contributed by atoms with van der Waals surface area (Å²) < 4.78 is 34.8. The quantitative estimate of drug-likeness (QED) is 0.578. The van der Waals surface area contributed by atoms with Crippen LogP contribution in [0.4, 0.5) is 0 Å². The average molecular weight is 401 g/mol. The fraction of sp³-hybridized carbons (Fsp3) is 0.333. The van der Waals surface area contributed by atoms with Gasteiger partial charge < -0.3 is 20.1 Å². The first kappa shape index (κ1) is 18.8. The normalized spacial score (nSPS) is 16.3. The Bertz CT molecular complexity index is 963. The molecule has 0 atom stereocenters. The molecule has 11 heteroatoms. The number of carbonyl (C=O) groups is 1. The number of ether oxygens (including phenoxy) is 1. The summed E-state index contributed by atoms with van der Waals surface area (Å²) in [6.45, 7) is -0.318. The Kier molecular flexibility index (Phi) is 4.80. The molecular formula is C15H17ClN4O5S. The smallest absolute Gasteiger partial charge is 0.266 e. The van der Waals surface area contributed by atoms with E-state index < -0.39 is 28.1 Å². The maximum atomic E-state index is 13.0. The van der Waals surface area contributed by atoms with Crippen LogP contribution >= 0.6 is 11.6 Å². The number of nitrogens with one attached hydrogen (secondary N) is 1. The van der Waals surface area contributed by atoms with E-state index in [1.807, 2.05) is 0 Å². The molecule has 0 aromatic carbocycles. The molecule has 1 aliphatic rings. The first-order valence-electron chi connectivity index (χ1n) is 7.53. The molecule has 9 nitrogen and oxygen atoms in total. The molecule has 1 amide bonds. The monoisotopic (exact) mass is 400 g/mol. The number of halogens is 1. The molecule has 3 heterocycles. The van der Waals surface area contributed by atoms with Gasteiger partial charge in [-0.15, -0.1) is 0 Å². The summed E-state index contributed by atoms with van der Waals surface area (Å²) >= 11 is 5.91. The van der Waals surface area contributed by atoms with Crippen LogP contribution in [-0.4, -0.2) is 54.3 Å². The van der Waals surface area contributed by atoms with Crippen molar-refractivity contribution in [3.8, 4) is 11.1 Å². The van der Waals surface area contributed by atoms with E-state index >= 15 is 0 Å². The Morgan fingerprint density at radius 2 is 2.23 bits per heavy atom. The number of nitrogens with zero attached hydrogens (tertiary/aromatic N) is 2. The summed E-state index contributed by atoms with van der Waals surface area (Å²) in [5.41, 5.74) is 4.87. The first-order chi connectivity index (χ1) is 12.2. The van der Waals surface area contributed by atoms with Gasteiger partial charge in [0.15, 0.2) is 0 Å². The van der Waals surface area contributed by atoms with Crippen LogP contribution < -0.4 is 10.5 Å². The van der Waals surface area contributed by atoms with Gasteiger partial charge in [0.25, 0.3) is 5.91 Å². The van der Waals surface area contributed by atoms with Crippen LogP contribution in [0, 0.1) is 0 Å². The predicted octanol–water partition coefficient (Wildman–Crippen LogP) is -0.121. The van der Waals surface area contributed by atoms with Gasteiger partial charge in [0.2, 0.25) is 10.0 Å².